The van der Waals surface area contributed by atoms with E-state index in [0.717, 1.165) is 26.2 Å². The molecule has 0 aromatic heterocycles. The zero-order valence-corrected chi connectivity index (χ0v) is 10.3. The Bertz CT molecular complexity index is 230. The minimum atomic E-state index is -4.35. The first-order valence-corrected chi connectivity index (χ1v) is 6.24. The maximum Gasteiger partial charge on any atom is 0.414 e. The van der Waals surface area contributed by atoms with Crippen LogP contribution in [0.3, 0.4) is 0 Å². The first kappa shape index (κ1) is 14.8. The lowest BCUT2D eigenvalue weighted by molar-refractivity contribution is -0.240. The van der Waals surface area contributed by atoms with Crippen molar-refractivity contribution in [3.63, 3.8) is 0 Å². The van der Waals surface area contributed by atoms with Crippen LogP contribution in [0.15, 0.2) is 0 Å². The van der Waals surface area contributed by atoms with E-state index in [2.05, 4.69) is 6.92 Å². The molecule has 2 nitrogen and oxygen atoms in total. The molecule has 0 saturated heterocycles. The largest absolute Gasteiger partial charge is 0.414 e. The van der Waals surface area contributed by atoms with Crippen molar-refractivity contribution in [1.82, 2.24) is 0 Å². The predicted molar refractivity (Wildman–Crippen MR) is 58.6 cm³/mol. The molecule has 5 heteroatoms. The Kier molecular flexibility index (Phi) is 5.25. The Hall–Kier alpha value is -0.290. The van der Waals surface area contributed by atoms with E-state index in [0.29, 0.717) is 18.8 Å². The normalized spacial score (nSPS) is 32.5. The number of hydrogen-bond acceptors (Lipinski definition) is 2. The molecule has 1 aliphatic rings. The maximum absolute atomic E-state index is 12.4. The fourth-order valence-corrected chi connectivity index (χ4v) is 2.35. The number of aliphatic hydroxyl groups is 1. The highest BCUT2D eigenvalue weighted by Gasteiger charge is 2.41. The second-order valence-corrected chi connectivity index (χ2v) is 4.89. The van der Waals surface area contributed by atoms with E-state index in [1.54, 1.807) is 0 Å². The van der Waals surface area contributed by atoms with E-state index in [1.165, 1.54) is 0 Å². The molecule has 4 unspecified atom stereocenters. The van der Waals surface area contributed by atoms with E-state index >= 15 is 0 Å². The molecule has 1 aliphatic carbocycles. The SMILES string of the molecule is CCCC1CCC(O)C(OC(C)C(F)(F)F)C1. The van der Waals surface area contributed by atoms with Gasteiger partial charge in [-0.15, -0.1) is 0 Å². The summed E-state index contributed by atoms with van der Waals surface area (Å²) >= 11 is 0. The topological polar surface area (TPSA) is 29.5 Å². The summed E-state index contributed by atoms with van der Waals surface area (Å²) in [6.45, 7) is 3.05. The van der Waals surface area contributed by atoms with Gasteiger partial charge in [-0.2, -0.15) is 13.2 Å². The van der Waals surface area contributed by atoms with E-state index in [-0.39, 0.29) is 0 Å². The molecular weight excluding hydrogens is 233 g/mol. The summed E-state index contributed by atoms with van der Waals surface area (Å²) in [5.41, 5.74) is 0. The average Bonchev–Trinajstić information content (AvgIpc) is 2.22. The third-order valence-electron chi connectivity index (χ3n) is 3.40. The highest BCUT2D eigenvalue weighted by molar-refractivity contribution is 4.82. The van der Waals surface area contributed by atoms with Crippen molar-refractivity contribution in [2.24, 2.45) is 5.92 Å². The summed E-state index contributed by atoms with van der Waals surface area (Å²) in [7, 11) is 0. The molecule has 102 valence electrons. The molecule has 0 aliphatic heterocycles. The van der Waals surface area contributed by atoms with Gasteiger partial charge in [0.2, 0.25) is 0 Å². The van der Waals surface area contributed by atoms with Crippen molar-refractivity contribution in [3.05, 3.63) is 0 Å². The van der Waals surface area contributed by atoms with Crippen LogP contribution < -0.4 is 0 Å². The quantitative estimate of drug-likeness (QED) is 0.834. The van der Waals surface area contributed by atoms with Crippen molar-refractivity contribution in [1.29, 1.82) is 0 Å². The molecule has 0 aromatic carbocycles. The molecular formula is C12H21F3O2. The van der Waals surface area contributed by atoms with E-state index < -0.39 is 24.5 Å². The summed E-state index contributed by atoms with van der Waals surface area (Å²) in [6.07, 6.45) is -3.61. The van der Waals surface area contributed by atoms with Gasteiger partial charge in [0.05, 0.1) is 12.2 Å². The van der Waals surface area contributed by atoms with Crippen LogP contribution in [0.25, 0.3) is 0 Å². The van der Waals surface area contributed by atoms with Crippen LogP contribution in [0.2, 0.25) is 0 Å². The lowest BCUT2D eigenvalue weighted by Gasteiger charge is -2.35. The summed E-state index contributed by atoms with van der Waals surface area (Å²) in [5, 5.41) is 9.68. The van der Waals surface area contributed by atoms with Gasteiger partial charge < -0.3 is 9.84 Å². The molecule has 0 heterocycles. The average molecular weight is 254 g/mol. The third-order valence-corrected chi connectivity index (χ3v) is 3.40. The Labute approximate surface area is 100 Å². The third kappa shape index (κ3) is 4.47. The van der Waals surface area contributed by atoms with Crippen molar-refractivity contribution in [2.75, 3.05) is 0 Å². The van der Waals surface area contributed by atoms with Crippen LogP contribution in [0.5, 0.6) is 0 Å². The van der Waals surface area contributed by atoms with Gasteiger partial charge in [-0.3, -0.25) is 0 Å². The van der Waals surface area contributed by atoms with Gasteiger partial charge in [0.25, 0.3) is 0 Å². The van der Waals surface area contributed by atoms with Crippen LogP contribution in [0.1, 0.15) is 46.0 Å². The molecule has 4 atom stereocenters. The zero-order chi connectivity index (χ0) is 13.1. The molecule has 1 fully saturated rings. The van der Waals surface area contributed by atoms with E-state index in [9.17, 15) is 18.3 Å². The van der Waals surface area contributed by atoms with Crippen LogP contribution in [0, 0.1) is 5.92 Å². The van der Waals surface area contributed by atoms with E-state index in [4.69, 9.17) is 4.74 Å². The minimum absolute atomic E-state index is 0.383. The molecule has 1 saturated carbocycles. The molecule has 0 bridgehead atoms. The Balaban J connectivity index is 2.50. The number of halogens is 3. The fourth-order valence-electron chi connectivity index (χ4n) is 2.35. The molecule has 0 spiro atoms. The Morgan fingerprint density at radius 1 is 1.35 bits per heavy atom. The lowest BCUT2D eigenvalue weighted by Crippen LogP contribution is -2.41. The monoisotopic (exact) mass is 254 g/mol. The number of aliphatic hydroxyl groups excluding tert-OH is 1. The maximum atomic E-state index is 12.4. The molecule has 17 heavy (non-hydrogen) atoms. The van der Waals surface area contributed by atoms with Gasteiger partial charge in [0, 0.05) is 0 Å². The smallest absolute Gasteiger partial charge is 0.390 e. The van der Waals surface area contributed by atoms with Gasteiger partial charge in [0.15, 0.2) is 6.10 Å². The van der Waals surface area contributed by atoms with Crippen LogP contribution >= 0.6 is 0 Å². The number of ether oxygens (including phenoxy) is 1. The summed E-state index contributed by atoms with van der Waals surface area (Å²) < 4.78 is 42.1. The first-order valence-electron chi connectivity index (χ1n) is 6.24. The number of rotatable bonds is 4. The Morgan fingerprint density at radius 3 is 2.53 bits per heavy atom. The molecule has 1 rings (SSSR count). The van der Waals surface area contributed by atoms with Crippen LogP contribution in [0.4, 0.5) is 13.2 Å². The lowest BCUT2D eigenvalue weighted by atomic mass is 9.83. The predicted octanol–water partition coefficient (Wildman–Crippen LogP) is 3.28. The summed E-state index contributed by atoms with van der Waals surface area (Å²) in [5.74, 6) is 0.383. The second kappa shape index (κ2) is 6.05. The number of hydrogen-bond donors (Lipinski definition) is 1. The molecule has 1 N–H and O–H groups in total. The molecule has 0 aromatic rings. The van der Waals surface area contributed by atoms with Crippen molar-refractivity contribution in [3.8, 4) is 0 Å². The minimum Gasteiger partial charge on any atom is -0.390 e. The standard InChI is InChI=1S/C12H21F3O2/c1-3-4-9-5-6-10(16)11(7-9)17-8(2)12(13,14)15/h8-11,16H,3-7H2,1-2H3. The Morgan fingerprint density at radius 2 is 2.00 bits per heavy atom. The summed E-state index contributed by atoms with van der Waals surface area (Å²) in [6, 6.07) is 0. The zero-order valence-electron chi connectivity index (χ0n) is 10.3. The second-order valence-electron chi connectivity index (χ2n) is 4.89. The van der Waals surface area contributed by atoms with Crippen LogP contribution in [-0.4, -0.2) is 29.6 Å². The highest BCUT2D eigenvalue weighted by Crippen LogP contribution is 2.33. The van der Waals surface area contributed by atoms with Gasteiger partial charge in [-0.1, -0.05) is 19.8 Å². The highest BCUT2D eigenvalue weighted by atomic mass is 19.4. The number of alkyl halides is 3. The van der Waals surface area contributed by atoms with Crippen molar-refractivity contribution >= 4 is 0 Å². The van der Waals surface area contributed by atoms with Gasteiger partial charge in [-0.25, -0.2) is 0 Å². The van der Waals surface area contributed by atoms with Gasteiger partial charge in [-0.05, 0) is 32.1 Å². The molecule has 0 radical (unpaired) electrons. The van der Waals surface area contributed by atoms with Gasteiger partial charge in [0.1, 0.15) is 0 Å². The first-order chi connectivity index (χ1) is 7.84. The van der Waals surface area contributed by atoms with Crippen LogP contribution in [-0.2, 0) is 4.74 Å². The molecule has 0 amide bonds. The fraction of sp³-hybridized carbons (Fsp3) is 1.00. The summed E-state index contributed by atoms with van der Waals surface area (Å²) in [4.78, 5) is 0. The van der Waals surface area contributed by atoms with Crippen molar-refractivity contribution < 1.29 is 23.0 Å². The van der Waals surface area contributed by atoms with E-state index in [1.807, 2.05) is 0 Å². The van der Waals surface area contributed by atoms with Gasteiger partial charge >= 0.3 is 6.18 Å². The van der Waals surface area contributed by atoms with Crippen molar-refractivity contribution in [2.45, 2.75) is 70.4 Å².